The number of nitrogens with zero attached hydrogens (tertiary/aromatic N) is 2. The average Bonchev–Trinajstić information content (AvgIpc) is 2.98. The summed E-state index contributed by atoms with van der Waals surface area (Å²) in [5.41, 5.74) is 0.320. The highest BCUT2D eigenvalue weighted by Crippen LogP contribution is 2.35. The largest absolute Gasteiger partial charge is 0.497 e. The maximum atomic E-state index is 13.2. The van der Waals surface area contributed by atoms with Crippen LogP contribution in [0.2, 0.25) is 0 Å². The van der Waals surface area contributed by atoms with Gasteiger partial charge in [-0.3, -0.25) is 14.9 Å². The fourth-order valence-electron chi connectivity index (χ4n) is 4.63. The molecule has 2 amide bonds. The maximum Gasteiger partial charge on any atom is 0.253 e. The molecule has 6 heteroatoms. The maximum absolute atomic E-state index is 13.2. The van der Waals surface area contributed by atoms with Crippen LogP contribution < -0.4 is 10.1 Å². The van der Waals surface area contributed by atoms with Gasteiger partial charge in [0.05, 0.1) is 18.8 Å². The number of likely N-dealkylation sites (tertiary alicyclic amines) is 1. The van der Waals surface area contributed by atoms with Crippen molar-refractivity contribution in [3.8, 4) is 5.75 Å². The van der Waals surface area contributed by atoms with Crippen molar-refractivity contribution in [3.05, 3.63) is 29.8 Å². The van der Waals surface area contributed by atoms with Crippen LogP contribution in [-0.2, 0) is 4.79 Å². The molecule has 2 aliphatic rings. The Balaban J connectivity index is 1.74. The molecule has 0 aliphatic carbocycles. The fraction of sp³-hybridized carbons (Fsp3) is 0.667. The Hall–Kier alpha value is -2.08. The van der Waals surface area contributed by atoms with E-state index >= 15 is 0 Å². The van der Waals surface area contributed by atoms with Crippen LogP contribution in [0.3, 0.4) is 0 Å². The summed E-state index contributed by atoms with van der Waals surface area (Å²) < 4.78 is 5.26. The summed E-state index contributed by atoms with van der Waals surface area (Å²) in [6.45, 7) is 10.8. The van der Waals surface area contributed by atoms with Crippen LogP contribution in [-0.4, -0.2) is 60.1 Å². The SMILES string of the molecule is CCC(C)CN1C(=O)C(CC(C)C)NC12CCN(C(=O)c1cccc(OC)c1)CC2. The average molecular weight is 416 g/mol. The molecule has 6 nitrogen and oxygen atoms in total. The molecule has 3 rings (SSSR count). The van der Waals surface area contributed by atoms with Gasteiger partial charge in [0, 0.05) is 38.0 Å². The summed E-state index contributed by atoms with van der Waals surface area (Å²) in [5, 5.41) is 3.70. The van der Waals surface area contributed by atoms with Gasteiger partial charge in [0.15, 0.2) is 0 Å². The van der Waals surface area contributed by atoms with Crippen molar-refractivity contribution in [2.75, 3.05) is 26.7 Å². The molecule has 0 bridgehead atoms. The fourth-order valence-corrected chi connectivity index (χ4v) is 4.63. The third-order valence-corrected chi connectivity index (χ3v) is 6.62. The van der Waals surface area contributed by atoms with Gasteiger partial charge < -0.3 is 14.5 Å². The normalized spacial score (nSPS) is 22.1. The molecule has 1 aromatic carbocycles. The van der Waals surface area contributed by atoms with Crippen molar-refractivity contribution >= 4 is 11.8 Å². The second-order valence-electron chi connectivity index (χ2n) is 9.34. The number of piperidine rings is 1. The van der Waals surface area contributed by atoms with Gasteiger partial charge in [0.25, 0.3) is 5.91 Å². The number of ether oxygens (including phenoxy) is 1. The van der Waals surface area contributed by atoms with E-state index in [4.69, 9.17) is 4.74 Å². The van der Waals surface area contributed by atoms with Gasteiger partial charge in [-0.2, -0.15) is 0 Å². The second kappa shape index (κ2) is 9.38. The number of carbonyl (C=O) groups is 2. The summed E-state index contributed by atoms with van der Waals surface area (Å²) in [5.74, 6) is 1.87. The lowest BCUT2D eigenvalue weighted by Gasteiger charge is -2.45. The molecule has 0 radical (unpaired) electrons. The molecule has 1 aromatic rings. The molecular formula is C24H37N3O3. The lowest BCUT2D eigenvalue weighted by Crippen LogP contribution is -2.60. The molecule has 1 N–H and O–H groups in total. The monoisotopic (exact) mass is 415 g/mol. The second-order valence-corrected chi connectivity index (χ2v) is 9.34. The predicted molar refractivity (Wildman–Crippen MR) is 118 cm³/mol. The molecule has 2 unspecified atom stereocenters. The van der Waals surface area contributed by atoms with E-state index in [-0.39, 0.29) is 23.5 Å². The van der Waals surface area contributed by atoms with Crippen molar-refractivity contribution in [3.63, 3.8) is 0 Å². The summed E-state index contributed by atoms with van der Waals surface area (Å²) in [7, 11) is 1.61. The Morgan fingerprint density at radius 3 is 2.57 bits per heavy atom. The number of amides is 2. The minimum atomic E-state index is -0.328. The molecule has 166 valence electrons. The molecule has 2 fully saturated rings. The third-order valence-electron chi connectivity index (χ3n) is 6.62. The molecule has 2 heterocycles. The Morgan fingerprint density at radius 2 is 1.97 bits per heavy atom. The number of nitrogens with one attached hydrogen (secondary N) is 1. The van der Waals surface area contributed by atoms with Crippen molar-refractivity contribution in [2.45, 2.75) is 65.1 Å². The first-order chi connectivity index (χ1) is 14.3. The number of carbonyl (C=O) groups excluding carboxylic acids is 2. The summed E-state index contributed by atoms with van der Waals surface area (Å²) in [6, 6.07) is 7.20. The summed E-state index contributed by atoms with van der Waals surface area (Å²) >= 11 is 0. The van der Waals surface area contributed by atoms with Crippen molar-refractivity contribution < 1.29 is 14.3 Å². The van der Waals surface area contributed by atoms with Crippen LogP contribution in [0, 0.1) is 11.8 Å². The quantitative estimate of drug-likeness (QED) is 0.740. The van der Waals surface area contributed by atoms with Gasteiger partial charge in [-0.15, -0.1) is 0 Å². The van der Waals surface area contributed by atoms with Gasteiger partial charge in [-0.1, -0.05) is 40.2 Å². The van der Waals surface area contributed by atoms with E-state index in [0.717, 1.165) is 32.2 Å². The van der Waals surface area contributed by atoms with E-state index in [2.05, 4.69) is 37.9 Å². The lowest BCUT2D eigenvalue weighted by atomic mass is 9.94. The first-order valence-electron chi connectivity index (χ1n) is 11.3. The lowest BCUT2D eigenvalue weighted by molar-refractivity contribution is -0.134. The third kappa shape index (κ3) is 4.64. The zero-order valence-corrected chi connectivity index (χ0v) is 19.1. The van der Waals surface area contributed by atoms with Gasteiger partial charge in [0.1, 0.15) is 5.75 Å². The van der Waals surface area contributed by atoms with Gasteiger partial charge in [0.2, 0.25) is 5.91 Å². The van der Waals surface area contributed by atoms with Crippen LogP contribution in [0.5, 0.6) is 5.75 Å². The first-order valence-corrected chi connectivity index (χ1v) is 11.3. The van der Waals surface area contributed by atoms with Crippen molar-refractivity contribution in [2.24, 2.45) is 11.8 Å². The van der Waals surface area contributed by atoms with Gasteiger partial charge in [-0.05, 0) is 36.5 Å². The molecule has 30 heavy (non-hydrogen) atoms. The van der Waals surface area contributed by atoms with E-state index in [1.54, 1.807) is 13.2 Å². The molecule has 0 aromatic heterocycles. The minimum absolute atomic E-state index is 0.0280. The number of benzene rings is 1. The van der Waals surface area contributed by atoms with Crippen LogP contribution in [0.15, 0.2) is 24.3 Å². The molecule has 2 aliphatic heterocycles. The highest BCUT2D eigenvalue weighted by molar-refractivity contribution is 5.94. The highest BCUT2D eigenvalue weighted by atomic mass is 16.5. The van der Waals surface area contributed by atoms with E-state index in [1.165, 1.54) is 0 Å². The predicted octanol–water partition coefficient (Wildman–Crippen LogP) is 3.52. The van der Waals surface area contributed by atoms with E-state index in [1.807, 2.05) is 23.1 Å². The first kappa shape index (κ1) is 22.6. The Kier molecular flexibility index (Phi) is 7.06. The van der Waals surface area contributed by atoms with Crippen molar-refractivity contribution in [1.29, 1.82) is 0 Å². The van der Waals surface area contributed by atoms with E-state index in [0.29, 0.717) is 36.2 Å². The van der Waals surface area contributed by atoms with Gasteiger partial charge in [-0.25, -0.2) is 0 Å². The van der Waals surface area contributed by atoms with E-state index < -0.39 is 0 Å². The zero-order valence-electron chi connectivity index (χ0n) is 19.1. The summed E-state index contributed by atoms with van der Waals surface area (Å²) in [6.07, 6.45) is 3.43. The minimum Gasteiger partial charge on any atom is -0.497 e. The Bertz CT molecular complexity index is 756. The Morgan fingerprint density at radius 1 is 1.27 bits per heavy atom. The topological polar surface area (TPSA) is 61.9 Å². The molecule has 0 saturated carbocycles. The van der Waals surface area contributed by atoms with Crippen LogP contribution in [0.25, 0.3) is 0 Å². The van der Waals surface area contributed by atoms with Crippen LogP contribution in [0.1, 0.15) is 63.7 Å². The summed E-state index contributed by atoms with van der Waals surface area (Å²) in [4.78, 5) is 30.3. The van der Waals surface area contributed by atoms with Crippen LogP contribution >= 0.6 is 0 Å². The number of hydrogen-bond acceptors (Lipinski definition) is 4. The zero-order chi connectivity index (χ0) is 21.9. The Labute approximate surface area is 180 Å². The number of hydrogen-bond donors (Lipinski definition) is 1. The number of methoxy groups -OCH3 is 1. The molecular weight excluding hydrogens is 378 g/mol. The smallest absolute Gasteiger partial charge is 0.253 e. The van der Waals surface area contributed by atoms with Gasteiger partial charge >= 0.3 is 0 Å². The van der Waals surface area contributed by atoms with Crippen LogP contribution in [0.4, 0.5) is 0 Å². The number of rotatable bonds is 7. The molecule has 2 saturated heterocycles. The molecule has 2 atom stereocenters. The van der Waals surface area contributed by atoms with E-state index in [9.17, 15) is 9.59 Å². The standard InChI is InChI=1S/C24H37N3O3/c1-6-18(4)16-27-23(29)21(14-17(2)3)25-24(27)10-12-26(13-11-24)22(28)19-8-7-9-20(15-19)30-5/h7-9,15,17-18,21,25H,6,10-14,16H2,1-5H3. The van der Waals surface area contributed by atoms with Crippen molar-refractivity contribution in [1.82, 2.24) is 15.1 Å². The molecule has 1 spiro atoms. The highest BCUT2D eigenvalue weighted by Gasteiger charge is 2.51.